The standard InChI is InChI=1S/C17H20FN5O2/c1-21(2)16(25)11-23-14-6-8-22(17-19-9-13(18)10-20-17)7-5-12(14)3-4-15(23)24/h3-4,9-10H,5-8,11H2,1-2H3. The Morgan fingerprint density at radius 3 is 2.56 bits per heavy atom. The third kappa shape index (κ3) is 3.67. The van der Waals surface area contributed by atoms with E-state index in [1.54, 1.807) is 18.7 Å². The number of carbonyl (C=O) groups excluding carboxylic acids is 1. The van der Waals surface area contributed by atoms with Gasteiger partial charge < -0.3 is 14.4 Å². The lowest BCUT2D eigenvalue weighted by Crippen LogP contribution is -2.34. The number of fused-ring (bicyclic) bond motifs is 1. The summed E-state index contributed by atoms with van der Waals surface area (Å²) in [4.78, 5) is 35.8. The van der Waals surface area contributed by atoms with E-state index in [0.717, 1.165) is 23.7 Å². The molecule has 2 aromatic heterocycles. The fourth-order valence-electron chi connectivity index (χ4n) is 2.91. The SMILES string of the molecule is CN(C)C(=O)Cn1c2c(ccc1=O)CCN(c1ncc(F)cn1)CC2. The second kappa shape index (κ2) is 7.00. The second-order valence-electron chi connectivity index (χ2n) is 6.21. The van der Waals surface area contributed by atoms with E-state index < -0.39 is 5.82 Å². The van der Waals surface area contributed by atoms with Crippen LogP contribution in [0.1, 0.15) is 11.3 Å². The van der Waals surface area contributed by atoms with Crippen LogP contribution in [0.25, 0.3) is 0 Å². The number of rotatable bonds is 3. The molecule has 0 saturated carbocycles. The van der Waals surface area contributed by atoms with Crippen LogP contribution in [0.15, 0.2) is 29.3 Å². The molecule has 0 bridgehead atoms. The van der Waals surface area contributed by atoms with Gasteiger partial charge in [0.1, 0.15) is 6.54 Å². The molecule has 0 saturated heterocycles. The molecule has 3 rings (SSSR count). The first-order valence-electron chi connectivity index (χ1n) is 8.10. The molecule has 0 radical (unpaired) electrons. The minimum Gasteiger partial charge on any atom is -0.347 e. The van der Waals surface area contributed by atoms with E-state index in [4.69, 9.17) is 0 Å². The molecule has 8 heteroatoms. The zero-order valence-corrected chi connectivity index (χ0v) is 14.3. The third-order valence-corrected chi connectivity index (χ3v) is 4.34. The second-order valence-corrected chi connectivity index (χ2v) is 6.21. The zero-order valence-electron chi connectivity index (χ0n) is 14.3. The molecule has 0 unspecified atom stereocenters. The molecule has 0 aromatic carbocycles. The highest BCUT2D eigenvalue weighted by Gasteiger charge is 2.20. The molecule has 0 atom stereocenters. The normalized spacial score (nSPS) is 14.0. The van der Waals surface area contributed by atoms with Crippen LogP contribution < -0.4 is 10.5 Å². The summed E-state index contributed by atoms with van der Waals surface area (Å²) in [6, 6.07) is 3.33. The first-order chi connectivity index (χ1) is 12.0. The lowest BCUT2D eigenvalue weighted by Gasteiger charge is -2.19. The van der Waals surface area contributed by atoms with E-state index in [-0.39, 0.29) is 18.0 Å². The largest absolute Gasteiger partial charge is 0.347 e. The van der Waals surface area contributed by atoms with Gasteiger partial charge in [0, 0.05) is 45.4 Å². The van der Waals surface area contributed by atoms with Gasteiger partial charge in [0.2, 0.25) is 11.9 Å². The monoisotopic (exact) mass is 345 g/mol. The molecule has 0 N–H and O–H groups in total. The molecule has 25 heavy (non-hydrogen) atoms. The van der Waals surface area contributed by atoms with Crippen molar-refractivity contribution in [3.8, 4) is 0 Å². The van der Waals surface area contributed by atoms with Crippen LogP contribution in [0.2, 0.25) is 0 Å². The van der Waals surface area contributed by atoms with Gasteiger partial charge in [0.25, 0.3) is 5.56 Å². The number of halogens is 1. The Hall–Kier alpha value is -2.77. The summed E-state index contributed by atoms with van der Waals surface area (Å²) in [6.07, 6.45) is 3.58. The van der Waals surface area contributed by atoms with Gasteiger partial charge in [0.15, 0.2) is 5.82 Å². The molecule has 2 aromatic rings. The summed E-state index contributed by atoms with van der Waals surface area (Å²) in [5.74, 6) is -0.135. The minimum atomic E-state index is -0.474. The molecule has 7 nitrogen and oxygen atoms in total. The van der Waals surface area contributed by atoms with Crippen molar-refractivity contribution >= 4 is 11.9 Å². The number of anilines is 1. The first kappa shape index (κ1) is 17.1. The summed E-state index contributed by atoms with van der Waals surface area (Å²) in [5, 5.41) is 0. The molecule has 3 heterocycles. The highest BCUT2D eigenvalue weighted by Crippen LogP contribution is 2.17. The maximum Gasteiger partial charge on any atom is 0.251 e. The Morgan fingerprint density at radius 2 is 1.88 bits per heavy atom. The van der Waals surface area contributed by atoms with Crippen LogP contribution in [0.3, 0.4) is 0 Å². The van der Waals surface area contributed by atoms with E-state index in [1.165, 1.54) is 11.0 Å². The molecule has 0 spiro atoms. The number of pyridine rings is 1. The number of hydrogen-bond acceptors (Lipinski definition) is 5. The Kier molecular flexibility index (Phi) is 4.78. The van der Waals surface area contributed by atoms with Crippen molar-refractivity contribution < 1.29 is 9.18 Å². The smallest absolute Gasteiger partial charge is 0.251 e. The van der Waals surface area contributed by atoms with Crippen LogP contribution in [-0.4, -0.2) is 52.5 Å². The number of likely N-dealkylation sites (N-methyl/N-ethyl adjacent to an activating group) is 1. The van der Waals surface area contributed by atoms with E-state index in [2.05, 4.69) is 9.97 Å². The number of carbonyl (C=O) groups is 1. The lowest BCUT2D eigenvalue weighted by molar-refractivity contribution is -0.129. The number of aromatic nitrogens is 3. The molecule has 1 aliphatic rings. The quantitative estimate of drug-likeness (QED) is 0.809. The van der Waals surface area contributed by atoms with Crippen molar-refractivity contribution in [1.82, 2.24) is 19.4 Å². The Balaban J connectivity index is 1.87. The topological polar surface area (TPSA) is 71.3 Å². The van der Waals surface area contributed by atoms with E-state index in [0.29, 0.717) is 31.9 Å². The Morgan fingerprint density at radius 1 is 1.20 bits per heavy atom. The van der Waals surface area contributed by atoms with Gasteiger partial charge in [-0.2, -0.15) is 0 Å². The molecule has 1 aliphatic heterocycles. The molecule has 0 aliphatic carbocycles. The van der Waals surface area contributed by atoms with Gasteiger partial charge in [-0.25, -0.2) is 14.4 Å². The maximum absolute atomic E-state index is 13.0. The van der Waals surface area contributed by atoms with Gasteiger partial charge in [-0.3, -0.25) is 9.59 Å². The fraction of sp³-hybridized carbons (Fsp3) is 0.412. The Bertz CT molecular complexity index is 832. The van der Waals surface area contributed by atoms with Crippen molar-refractivity contribution in [1.29, 1.82) is 0 Å². The van der Waals surface area contributed by atoms with Gasteiger partial charge in [-0.15, -0.1) is 0 Å². The van der Waals surface area contributed by atoms with E-state index in [9.17, 15) is 14.0 Å². The van der Waals surface area contributed by atoms with Crippen molar-refractivity contribution in [3.63, 3.8) is 0 Å². The Labute approximate surface area is 144 Å². The van der Waals surface area contributed by atoms with E-state index in [1.807, 2.05) is 11.0 Å². The molecule has 132 valence electrons. The van der Waals surface area contributed by atoms with Gasteiger partial charge >= 0.3 is 0 Å². The number of hydrogen-bond donors (Lipinski definition) is 0. The van der Waals surface area contributed by atoms with Crippen LogP contribution >= 0.6 is 0 Å². The lowest BCUT2D eigenvalue weighted by atomic mass is 10.1. The summed E-state index contributed by atoms with van der Waals surface area (Å²) in [6.45, 7) is 1.29. The van der Waals surface area contributed by atoms with Crippen LogP contribution in [0.4, 0.5) is 10.3 Å². The van der Waals surface area contributed by atoms with Crippen molar-refractivity contribution in [2.75, 3.05) is 32.1 Å². The van der Waals surface area contributed by atoms with Gasteiger partial charge in [-0.05, 0) is 12.0 Å². The zero-order chi connectivity index (χ0) is 18.0. The van der Waals surface area contributed by atoms with Gasteiger partial charge in [-0.1, -0.05) is 6.07 Å². The average molecular weight is 345 g/mol. The number of amides is 1. The third-order valence-electron chi connectivity index (χ3n) is 4.34. The average Bonchev–Trinajstić information content (AvgIpc) is 2.81. The van der Waals surface area contributed by atoms with Crippen molar-refractivity contribution in [3.05, 3.63) is 52.0 Å². The summed E-state index contributed by atoms with van der Waals surface area (Å²) in [5.41, 5.74) is 1.73. The van der Waals surface area contributed by atoms with Crippen molar-refractivity contribution in [2.24, 2.45) is 0 Å². The van der Waals surface area contributed by atoms with Crippen LogP contribution in [-0.2, 0) is 24.2 Å². The van der Waals surface area contributed by atoms with Crippen molar-refractivity contribution in [2.45, 2.75) is 19.4 Å². The fourth-order valence-corrected chi connectivity index (χ4v) is 2.91. The van der Waals surface area contributed by atoms with E-state index >= 15 is 0 Å². The van der Waals surface area contributed by atoms with Gasteiger partial charge in [0.05, 0.1) is 12.4 Å². The molecule has 1 amide bonds. The van der Waals surface area contributed by atoms with Crippen LogP contribution in [0, 0.1) is 5.82 Å². The summed E-state index contributed by atoms with van der Waals surface area (Å²) >= 11 is 0. The summed E-state index contributed by atoms with van der Waals surface area (Å²) < 4.78 is 14.6. The highest BCUT2D eigenvalue weighted by molar-refractivity contribution is 5.75. The minimum absolute atomic E-state index is 0.0298. The number of nitrogens with zero attached hydrogens (tertiary/aromatic N) is 5. The first-order valence-corrected chi connectivity index (χ1v) is 8.10. The van der Waals surface area contributed by atoms with Crippen LogP contribution in [0.5, 0.6) is 0 Å². The molecular formula is C17H20FN5O2. The molecule has 0 fully saturated rings. The predicted octanol–water partition coefficient (Wildman–Crippen LogP) is 0.471. The maximum atomic E-state index is 13.0. The molecular weight excluding hydrogens is 325 g/mol. The highest BCUT2D eigenvalue weighted by atomic mass is 19.1. The predicted molar refractivity (Wildman–Crippen MR) is 91.0 cm³/mol. The summed E-state index contributed by atoms with van der Waals surface area (Å²) in [7, 11) is 3.34.